The molecule has 0 aliphatic heterocycles. The molecule has 0 saturated heterocycles. The molecule has 3 rings (SSSR count). The SMILES string of the molecule is O=C(CNC1(CO)CCc2ccccc21)NOCc1ccccc1. The lowest BCUT2D eigenvalue weighted by molar-refractivity contribution is -0.134. The summed E-state index contributed by atoms with van der Waals surface area (Å²) in [5.74, 6) is -0.261. The molecule has 5 heteroatoms. The van der Waals surface area contributed by atoms with E-state index in [0.717, 1.165) is 24.0 Å². The summed E-state index contributed by atoms with van der Waals surface area (Å²) in [6, 6.07) is 17.7. The predicted molar refractivity (Wildman–Crippen MR) is 90.9 cm³/mol. The molecule has 0 heterocycles. The average Bonchev–Trinajstić information content (AvgIpc) is 3.00. The molecule has 0 radical (unpaired) electrons. The molecule has 5 nitrogen and oxygen atoms in total. The molecule has 24 heavy (non-hydrogen) atoms. The number of hydrogen-bond donors (Lipinski definition) is 3. The highest BCUT2D eigenvalue weighted by atomic mass is 16.6. The Morgan fingerprint density at radius 1 is 1.12 bits per heavy atom. The second-order valence-corrected chi connectivity index (χ2v) is 6.05. The van der Waals surface area contributed by atoms with Gasteiger partial charge in [0.1, 0.15) is 0 Å². The van der Waals surface area contributed by atoms with E-state index in [0.29, 0.717) is 6.61 Å². The maximum atomic E-state index is 12.0. The van der Waals surface area contributed by atoms with Crippen LogP contribution in [0.2, 0.25) is 0 Å². The Hall–Kier alpha value is -2.21. The normalized spacial score (nSPS) is 19.0. The minimum Gasteiger partial charge on any atom is -0.394 e. The average molecular weight is 326 g/mol. The summed E-state index contributed by atoms with van der Waals surface area (Å²) in [4.78, 5) is 17.2. The number of aryl methyl sites for hydroxylation is 1. The van der Waals surface area contributed by atoms with Gasteiger partial charge in [0.2, 0.25) is 0 Å². The van der Waals surface area contributed by atoms with Crippen LogP contribution in [0.3, 0.4) is 0 Å². The van der Waals surface area contributed by atoms with E-state index in [1.54, 1.807) is 0 Å². The van der Waals surface area contributed by atoms with Gasteiger partial charge in [0, 0.05) is 0 Å². The second-order valence-electron chi connectivity index (χ2n) is 6.05. The van der Waals surface area contributed by atoms with Gasteiger partial charge in [-0.15, -0.1) is 0 Å². The molecule has 1 unspecified atom stereocenters. The number of fused-ring (bicyclic) bond motifs is 1. The number of hydroxylamine groups is 1. The largest absolute Gasteiger partial charge is 0.394 e. The zero-order valence-corrected chi connectivity index (χ0v) is 13.5. The minimum absolute atomic E-state index is 0.0395. The summed E-state index contributed by atoms with van der Waals surface area (Å²) in [5, 5.41) is 13.1. The molecule has 0 aromatic heterocycles. The highest BCUT2D eigenvalue weighted by Gasteiger charge is 2.37. The minimum atomic E-state index is -0.548. The van der Waals surface area contributed by atoms with Crippen LogP contribution in [0.15, 0.2) is 54.6 Å². The van der Waals surface area contributed by atoms with Crippen LogP contribution in [-0.4, -0.2) is 24.2 Å². The zero-order chi connectivity index (χ0) is 16.8. The molecule has 0 spiro atoms. The number of nitrogens with one attached hydrogen (secondary N) is 2. The third-order valence-electron chi connectivity index (χ3n) is 4.48. The van der Waals surface area contributed by atoms with E-state index < -0.39 is 5.54 Å². The predicted octanol–water partition coefficient (Wildman–Crippen LogP) is 1.66. The zero-order valence-electron chi connectivity index (χ0n) is 13.5. The quantitative estimate of drug-likeness (QED) is 0.677. The van der Waals surface area contributed by atoms with Gasteiger partial charge < -0.3 is 5.11 Å². The highest BCUT2D eigenvalue weighted by molar-refractivity contribution is 5.77. The lowest BCUT2D eigenvalue weighted by Crippen LogP contribution is -2.48. The molecule has 0 fully saturated rings. The van der Waals surface area contributed by atoms with Crippen molar-refractivity contribution < 1.29 is 14.7 Å². The molecule has 0 bridgehead atoms. The van der Waals surface area contributed by atoms with Gasteiger partial charge in [-0.25, -0.2) is 5.48 Å². The van der Waals surface area contributed by atoms with E-state index in [-0.39, 0.29) is 19.1 Å². The number of aliphatic hydroxyl groups excluding tert-OH is 1. The van der Waals surface area contributed by atoms with Crippen molar-refractivity contribution in [2.24, 2.45) is 0 Å². The van der Waals surface area contributed by atoms with Gasteiger partial charge >= 0.3 is 0 Å². The lowest BCUT2D eigenvalue weighted by Gasteiger charge is -2.29. The van der Waals surface area contributed by atoms with Crippen molar-refractivity contribution in [1.82, 2.24) is 10.8 Å². The van der Waals surface area contributed by atoms with Crippen molar-refractivity contribution in [2.45, 2.75) is 25.0 Å². The number of amides is 1. The standard InChI is InChI=1S/C19H22N2O3/c22-14-19(11-10-16-8-4-5-9-17(16)19)20-12-18(23)21-24-13-15-6-2-1-3-7-15/h1-9,20,22H,10-14H2,(H,21,23). The number of aliphatic hydroxyl groups is 1. The van der Waals surface area contributed by atoms with E-state index >= 15 is 0 Å². The second kappa shape index (κ2) is 7.57. The molecule has 126 valence electrons. The molecule has 1 aliphatic rings. The van der Waals surface area contributed by atoms with Crippen molar-refractivity contribution in [2.75, 3.05) is 13.2 Å². The summed E-state index contributed by atoms with van der Waals surface area (Å²) in [6.45, 7) is 0.367. The number of carbonyl (C=O) groups is 1. The first kappa shape index (κ1) is 16.6. The fourth-order valence-corrected chi connectivity index (χ4v) is 3.15. The highest BCUT2D eigenvalue weighted by Crippen LogP contribution is 2.36. The maximum Gasteiger partial charge on any atom is 0.257 e. The van der Waals surface area contributed by atoms with Crippen molar-refractivity contribution >= 4 is 5.91 Å². The van der Waals surface area contributed by atoms with E-state index in [9.17, 15) is 9.90 Å². The summed E-state index contributed by atoms with van der Waals surface area (Å²) in [6.07, 6.45) is 1.68. The number of rotatable bonds is 7. The van der Waals surface area contributed by atoms with Crippen LogP contribution in [0.4, 0.5) is 0 Å². The van der Waals surface area contributed by atoms with Crippen LogP contribution in [0.1, 0.15) is 23.1 Å². The number of carbonyl (C=O) groups excluding carboxylic acids is 1. The van der Waals surface area contributed by atoms with Gasteiger partial charge in [-0.05, 0) is 29.5 Å². The molecular formula is C19H22N2O3. The maximum absolute atomic E-state index is 12.0. The van der Waals surface area contributed by atoms with E-state index in [1.807, 2.05) is 48.5 Å². The Balaban J connectivity index is 1.50. The molecule has 2 aromatic rings. The van der Waals surface area contributed by atoms with Gasteiger partial charge in [0.15, 0.2) is 0 Å². The summed E-state index contributed by atoms with van der Waals surface area (Å²) < 4.78 is 0. The fourth-order valence-electron chi connectivity index (χ4n) is 3.15. The van der Waals surface area contributed by atoms with Crippen molar-refractivity contribution in [3.63, 3.8) is 0 Å². The third kappa shape index (κ3) is 3.64. The van der Waals surface area contributed by atoms with Crippen LogP contribution in [0.25, 0.3) is 0 Å². The van der Waals surface area contributed by atoms with Crippen molar-refractivity contribution in [3.8, 4) is 0 Å². The topological polar surface area (TPSA) is 70.6 Å². The molecular weight excluding hydrogens is 304 g/mol. The number of benzene rings is 2. The Labute approximate surface area is 141 Å². The van der Waals surface area contributed by atoms with Crippen LogP contribution >= 0.6 is 0 Å². The van der Waals surface area contributed by atoms with Gasteiger partial charge in [-0.3, -0.25) is 14.9 Å². The van der Waals surface area contributed by atoms with E-state index in [2.05, 4.69) is 16.9 Å². The monoisotopic (exact) mass is 326 g/mol. The Morgan fingerprint density at radius 2 is 1.88 bits per heavy atom. The van der Waals surface area contributed by atoms with Gasteiger partial charge in [-0.1, -0.05) is 54.6 Å². The Morgan fingerprint density at radius 3 is 2.67 bits per heavy atom. The fraction of sp³-hybridized carbons (Fsp3) is 0.316. The first-order valence-corrected chi connectivity index (χ1v) is 8.12. The van der Waals surface area contributed by atoms with E-state index in [1.165, 1.54) is 5.56 Å². The van der Waals surface area contributed by atoms with Gasteiger partial charge in [0.05, 0.1) is 25.3 Å². The van der Waals surface area contributed by atoms with Crippen LogP contribution < -0.4 is 10.8 Å². The molecule has 2 aromatic carbocycles. The first-order chi connectivity index (χ1) is 11.7. The Bertz CT molecular complexity index is 690. The van der Waals surface area contributed by atoms with E-state index in [4.69, 9.17) is 4.84 Å². The molecule has 1 atom stereocenters. The smallest absolute Gasteiger partial charge is 0.257 e. The third-order valence-corrected chi connectivity index (χ3v) is 4.48. The summed E-state index contributed by atoms with van der Waals surface area (Å²) in [7, 11) is 0. The summed E-state index contributed by atoms with van der Waals surface area (Å²) >= 11 is 0. The van der Waals surface area contributed by atoms with Crippen LogP contribution in [0, 0.1) is 0 Å². The molecule has 3 N–H and O–H groups in total. The lowest BCUT2D eigenvalue weighted by atomic mass is 9.92. The van der Waals surface area contributed by atoms with Crippen molar-refractivity contribution in [3.05, 3.63) is 71.3 Å². The van der Waals surface area contributed by atoms with Crippen LogP contribution in [-0.2, 0) is 28.2 Å². The first-order valence-electron chi connectivity index (χ1n) is 8.12. The van der Waals surface area contributed by atoms with Crippen LogP contribution in [0.5, 0.6) is 0 Å². The van der Waals surface area contributed by atoms with Gasteiger partial charge in [-0.2, -0.15) is 0 Å². The van der Waals surface area contributed by atoms with Crippen molar-refractivity contribution in [1.29, 1.82) is 0 Å². The molecule has 1 amide bonds. The summed E-state index contributed by atoms with van der Waals surface area (Å²) in [5.41, 5.74) is 5.17. The molecule has 0 saturated carbocycles. The number of hydrogen-bond acceptors (Lipinski definition) is 4. The molecule has 1 aliphatic carbocycles. The van der Waals surface area contributed by atoms with Gasteiger partial charge in [0.25, 0.3) is 5.91 Å². The Kier molecular flexibility index (Phi) is 5.25.